The van der Waals surface area contributed by atoms with Crippen molar-refractivity contribution < 1.29 is 19.4 Å². The number of rotatable bonds is 12. The number of carbonyl (C=O) groups excluding carboxylic acids is 1. The fraction of sp³-hybridized carbons (Fsp3) is 0.556. The van der Waals surface area contributed by atoms with Gasteiger partial charge >= 0.3 is 5.97 Å². The van der Waals surface area contributed by atoms with Gasteiger partial charge in [-0.25, -0.2) is 9.78 Å². The number of hydrogen-bond donors (Lipinski definition) is 2. The lowest BCUT2D eigenvalue weighted by molar-refractivity contribution is -0.139. The number of pyridine rings is 2. The van der Waals surface area contributed by atoms with Crippen molar-refractivity contribution in [3.63, 3.8) is 0 Å². The van der Waals surface area contributed by atoms with E-state index in [1.807, 2.05) is 25.9 Å². The highest BCUT2D eigenvalue weighted by Crippen LogP contribution is 2.22. The highest BCUT2D eigenvalue weighted by atomic mass is 16.5. The normalized spacial score (nSPS) is 13.7. The molecule has 0 saturated heterocycles. The van der Waals surface area contributed by atoms with Crippen molar-refractivity contribution in [2.75, 3.05) is 32.2 Å². The van der Waals surface area contributed by atoms with E-state index in [1.54, 1.807) is 13.1 Å². The summed E-state index contributed by atoms with van der Waals surface area (Å²) in [7, 11) is 3.71. The van der Waals surface area contributed by atoms with Gasteiger partial charge in [-0.3, -0.25) is 9.78 Å². The van der Waals surface area contributed by atoms with Crippen LogP contribution in [0.15, 0.2) is 18.3 Å². The van der Waals surface area contributed by atoms with Crippen molar-refractivity contribution in [1.29, 1.82) is 0 Å². The number of nitrogens with zero attached hydrogens (tertiary/aromatic N) is 3. The molecule has 1 amide bonds. The summed E-state index contributed by atoms with van der Waals surface area (Å²) >= 11 is 0. The van der Waals surface area contributed by atoms with Gasteiger partial charge in [0.1, 0.15) is 11.9 Å². The number of carboxylic acids is 1. The molecule has 2 aromatic rings. The summed E-state index contributed by atoms with van der Waals surface area (Å²) in [4.78, 5) is 35.7. The molecule has 1 atom stereocenters. The molecule has 0 aromatic carbocycles. The van der Waals surface area contributed by atoms with E-state index in [2.05, 4.69) is 22.4 Å². The minimum atomic E-state index is -1.07. The van der Waals surface area contributed by atoms with Crippen molar-refractivity contribution in [2.45, 2.75) is 71.3 Å². The molecule has 1 aliphatic carbocycles. The first-order chi connectivity index (χ1) is 16.8. The van der Waals surface area contributed by atoms with E-state index >= 15 is 0 Å². The number of aliphatic carboxylic acids is 1. The van der Waals surface area contributed by atoms with Crippen molar-refractivity contribution in [3.05, 3.63) is 52.0 Å². The summed E-state index contributed by atoms with van der Waals surface area (Å²) < 4.78 is 5.68. The fourth-order valence-corrected chi connectivity index (χ4v) is 4.60. The Morgan fingerprint density at radius 2 is 1.91 bits per heavy atom. The van der Waals surface area contributed by atoms with Gasteiger partial charge in [0, 0.05) is 56.9 Å². The number of carboxylic acid groups (broad SMARTS) is 1. The molecule has 0 aliphatic heterocycles. The van der Waals surface area contributed by atoms with Crippen molar-refractivity contribution >= 4 is 17.7 Å². The summed E-state index contributed by atoms with van der Waals surface area (Å²) in [5.41, 5.74) is 5.70. The van der Waals surface area contributed by atoms with Crippen LogP contribution in [0.3, 0.4) is 0 Å². The number of aromatic nitrogens is 2. The molecule has 35 heavy (non-hydrogen) atoms. The average Bonchev–Trinajstić information content (AvgIpc) is 2.82. The van der Waals surface area contributed by atoms with Gasteiger partial charge in [-0.2, -0.15) is 0 Å². The Morgan fingerprint density at radius 1 is 1.14 bits per heavy atom. The minimum Gasteiger partial charge on any atom is -0.480 e. The Labute approximate surface area is 208 Å². The van der Waals surface area contributed by atoms with E-state index in [9.17, 15) is 14.7 Å². The van der Waals surface area contributed by atoms with E-state index in [-0.39, 0.29) is 13.0 Å². The summed E-state index contributed by atoms with van der Waals surface area (Å²) in [6.45, 7) is 4.45. The quantitative estimate of drug-likeness (QED) is 0.445. The average molecular weight is 483 g/mol. The first-order valence-electron chi connectivity index (χ1n) is 12.5. The Hall–Kier alpha value is -3.00. The molecule has 3 rings (SSSR count). The van der Waals surface area contributed by atoms with Crippen LogP contribution in [0.4, 0.5) is 5.82 Å². The van der Waals surface area contributed by atoms with Crippen molar-refractivity contribution in [3.8, 4) is 0 Å². The van der Waals surface area contributed by atoms with Gasteiger partial charge in [-0.15, -0.1) is 0 Å². The first kappa shape index (κ1) is 26.6. The number of carbonyl (C=O) groups is 2. The second kappa shape index (κ2) is 12.6. The van der Waals surface area contributed by atoms with E-state index in [0.717, 1.165) is 43.4 Å². The maximum Gasteiger partial charge on any atom is 0.326 e. The zero-order chi connectivity index (χ0) is 25.4. The topological polar surface area (TPSA) is 105 Å². The maximum atomic E-state index is 12.9. The standard InChI is InChI=1S/C27H38N4O4/c1-18-17-28-25(31(3)4)19(2)24(18)26(32)30-23(27(33)34)14-16-35-15-8-7-10-21-13-12-20-9-5-6-11-22(20)29-21/h12-13,17,23H,5-11,14-16H2,1-4H3,(H,30,32)(H,33,34). The minimum absolute atomic E-state index is 0.206. The summed E-state index contributed by atoms with van der Waals surface area (Å²) in [5, 5.41) is 12.3. The number of anilines is 1. The predicted octanol–water partition coefficient (Wildman–Crippen LogP) is 3.65. The monoisotopic (exact) mass is 482 g/mol. The predicted molar refractivity (Wildman–Crippen MR) is 136 cm³/mol. The Morgan fingerprint density at radius 3 is 2.66 bits per heavy atom. The molecule has 1 aliphatic rings. The van der Waals surface area contributed by atoms with Crippen LogP contribution in [-0.2, 0) is 28.8 Å². The zero-order valence-corrected chi connectivity index (χ0v) is 21.4. The molecule has 2 heterocycles. The first-order valence-corrected chi connectivity index (χ1v) is 12.5. The number of ether oxygens (including phenoxy) is 1. The smallest absolute Gasteiger partial charge is 0.326 e. The van der Waals surface area contributed by atoms with Gasteiger partial charge in [-0.1, -0.05) is 6.07 Å². The third-order valence-corrected chi connectivity index (χ3v) is 6.50. The van der Waals surface area contributed by atoms with Crippen molar-refractivity contribution in [2.24, 2.45) is 0 Å². The fourth-order valence-electron chi connectivity index (χ4n) is 4.60. The number of amides is 1. The van der Waals surface area contributed by atoms with Gasteiger partial charge in [-0.05, 0) is 76.0 Å². The molecule has 2 aromatic heterocycles. The van der Waals surface area contributed by atoms with Gasteiger partial charge in [0.15, 0.2) is 0 Å². The second-order valence-electron chi connectivity index (χ2n) is 9.50. The molecule has 1 unspecified atom stereocenters. The molecule has 2 N–H and O–H groups in total. The Bertz CT molecular complexity index is 1040. The number of unbranched alkanes of at least 4 members (excludes halogenated alkanes) is 1. The number of aryl methyl sites for hydroxylation is 4. The van der Waals surface area contributed by atoms with Crippen LogP contribution in [0.2, 0.25) is 0 Å². The molecule has 0 bridgehead atoms. The van der Waals surface area contributed by atoms with Crippen LogP contribution in [-0.4, -0.2) is 60.3 Å². The lowest BCUT2D eigenvalue weighted by Crippen LogP contribution is -2.42. The third kappa shape index (κ3) is 7.24. The van der Waals surface area contributed by atoms with Crippen LogP contribution < -0.4 is 10.2 Å². The lowest BCUT2D eigenvalue weighted by Gasteiger charge is -2.20. The molecule has 0 fully saturated rings. The van der Waals surface area contributed by atoms with Crippen LogP contribution in [0.5, 0.6) is 0 Å². The highest BCUT2D eigenvalue weighted by Gasteiger charge is 2.24. The number of nitrogens with one attached hydrogen (secondary N) is 1. The summed E-state index contributed by atoms with van der Waals surface area (Å²) in [5.74, 6) is -0.797. The largest absolute Gasteiger partial charge is 0.480 e. The van der Waals surface area contributed by atoms with E-state index in [4.69, 9.17) is 9.72 Å². The van der Waals surface area contributed by atoms with Gasteiger partial charge < -0.3 is 20.1 Å². The molecule has 8 nitrogen and oxygen atoms in total. The molecular formula is C27H38N4O4. The van der Waals surface area contributed by atoms with Gasteiger partial charge in [0.2, 0.25) is 0 Å². The van der Waals surface area contributed by atoms with Crippen LogP contribution in [0.1, 0.15) is 70.5 Å². The van der Waals surface area contributed by atoms with Gasteiger partial charge in [0.05, 0.1) is 5.56 Å². The van der Waals surface area contributed by atoms with E-state index in [0.29, 0.717) is 23.6 Å². The highest BCUT2D eigenvalue weighted by molar-refractivity contribution is 5.99. The second-order valence-corrected chi connectivity index (χ2v) is 9.50. The van der Waals surface area contributed by atoms with Crippen LogP contribution in [0, 0.1) is 13.8 Å². The summed E-state index contributed by atoms with van der Waals surface area (Å²) in [6.07, 6.45) is 9.34. The SMILES string of the molecule is Cc1cnc(N(C)C)c(C)c1C(=O)NC(CCOCCCCc1ccc2c(n1)CCCC2)C(=O)O. The molecular weight excluding hydrogens is 444 g/mol. The Kier molecular flexibility index (Phi) is 9.60. The number of fused-ring (bicyclic) bond motifs is 1. The van der Waals surface area contributed by atoms with Gasteiger partial charge in [0.25, 0.3) is 5.91 Å². The molecule has 8 heteroatoms. The zero-order valence-electron chi connectivity index (χ0n) is 21.4. The molecule has 0 saturated carbocycles. The van der Waals surface area contributed by atoms with E-state index < -0.39 is 17.9 Å². The number of hydrogen-bond acceptors (Lipinski definition) is 6. The van der Waals surface area contributed by atoms with Crippen molar-refractivity contribution in [1.82, 2.24) is 15.3 Å². The van der Waals surface area contributed by atoms with Crippen LogP contribution >= 0.6 is 0 Å². The third-order valence-electron chi connectivity index (χ3n) is 6.50. The van der Waals surface area contributed by atoms with Crippen LogP contribution in [0.25, 0.3) is 0 Å². The summed E-state index contributed by atoms with van der Waals surface area (Å²) in [6, 6.07) is 3.35. The lowest BCUT2D eigenvalue weighted by atomic mass is 9.95. The van der Waals surface area contributed by atoms with E-state index in [1.165, 1.54) is 24.1 Å². The maximum absolute atomic E-state index is 12.9. The Balaban J connectivity index is 1.42. The molecule has 190 valence electrons. The molecule has 0 spiro atoms. The molecule has 0 radical (unpaired) electrons.